The summed E-state index contributed by atoms with van der Waals surface area (Å²) < 4.78 is 5.27. The molecule has 1 fully saturated rings. The Bertz CT molecular complexity index is 771. The monoisotopic (exact) mass is 419 g/mol. The Hall–Kier alpha value is -1.81. The number of nitrogens with two attached hydrogens (primary N) is 1. The number of ether oxygens (including phenoxy) is 1. The number of hydrogen-bond acceptors (Lipinski definition) is 7. The van der Waals surface area contributed by atoms with Crippen LogP contribution in [0.2, 0.25) is 0 Å². The Balaban J connectivity index is 0.00000243. The average molecular weight is 420 g/mol. The molecule has 11 heteroatoms. The van der Waals surface area contributed by atoms with Crippen LogP contribution in [-0.2, 0) is 20.9 Å². The Morgan fingerprint density at radius 3 is 2.65 bits per heavy atom. The van der Waals surface area contributed by atoms with E-state index in [-0.39, 0.29) is 47.6 Å². The molecule has 2 heterocycles. The number of rotatable bonds is 5. The molecule has 2 atom stereocenters. The van der Waals surface area contributed by atoms with E-state index in [0.29, 0.717) is 16.9 Å². The van der Waals surface area contributed by atoms with Gasteiger partial charge in [0.1, 0.15) is 23.7 Å². The number of fused-ring (bicyclic) bond motifs is 1. The van der Waals surface area contributed by atoms with Crippen LogP contribution in [0.1, 0.15) is 5.56 Å². The van der Waals surface area contributed by atoms with Crippen molar-refractivity contribution in [2.24, 2.45) is 5.73 Å². The highest BCUT2D eigenvalue weighted by molar-refractivity contribution is 8.00. The molecule has 1 aromatic carbocycles. The lowest BCUT2D eigenvalue weighted by Crippen LogP contribution is -2.68. The summed E-state index contributed by atoms with van der Waals surface area (Å²) in [5.41, 5.74) is 7.09. The second-order valence-electron chi connectivity index (χ2n) is 5.52. The van der Waals surface area contributed by atoms with E-state index in [1.165, 1.54) is 40.9 Å². The molecule has 0 aromatic heterocycles. The van der Waals surface area contributed by atoms with E-state index >= 15 is 0 Å². The Labute approximate surface area is 164 Å². The van der Waals surface area contributed by atoms with Gasteiger partial charge < -0.3 is 10.5 Å². The maximum Gasteiger partial charge on any atom is 0.355 e. The van der Waals surface area contributed by atoms with Crippen molar-refractivity contribution < 1.29 is 19.2 Å². The molecule has 0 spiro atoms. The van der Waals surface area contributed by atoms with E-state index < -0.39 is 16.9 Å². The first-order valence-electron chi connectivity index (χ1n) is 7.32. The lowest BCUT2D eigenvalue weighted by molar-refractivity contribution is -0.384. The minimum atomic E-state index is -0.653. The molecule has 2 aliphatic heterocycles. The summed E-state index contributed by atoms with van der Waals surface area (Å²) in [6.07, 6.45) is 0. The van der Waals surface area contributed by atoms with Crippen molar-refractivity contribution in [1.82, 2.24) is 4.90 Å². The maximum absolute atomic E-state index is 12.5. The van der Waals surface area contributed by atoms with Crippen molar-refractivity contribution in [2.75, 3.05) is 11.6 Å². The lowest BCUT2D eigenvalue weighted by atomic mass is 10.0. The number of thioether (sulfide) groups is 1. The number of alkyl halides is 1. The normalized spacial score (nSPS) is 21.5. The first-order chi connectivity index (χ1) is 11.9. The molecule has 0 saturated carbocycles. The van der Waals surface area contributed by atoms with E-state index in [9.17, 15) is 19.7 Å². The first kappa shape index (κ1) is 20.5. The molecule has 2 N–H and O–H groups in total. The molecule has 0 bridgehead atoms. The van der Waals surface area contributed by atoms with Gasteiger partial charge in [0.25, 0.3) is 5.69 Å². The zero-order valence-corrected chi connectivity index (χ0v) is 15.7. The average Bonchev–Trinajstić information content (AvgIpc) is 2.64. The van der Waals surface area contributed by atoms with Crippen LogP contribution >= 0.6 is 35.8 Å². The van der Waals surface area contributed by atoms with Crippen molar-refractivity contribution in [3.8, 4) is 0 Å². The number of esters is 1. The van der Waals surface area contributed by atoms with Crippen molar-refractivity contribution in [3.63, 3.8) is 0 Å². The predicted molar refractivity (Wildman–Crippen MR) is 99.0 cm³/mol. The van der Waals surface area contributed by atoms with Crippen molar-refractivity contribution >= 4 is 53.3 Å². The van der Waals surface area contributed by atoms with Crippen molar-refractivity contribution in [1.29, 1.82) is 0 Å². The number of benzene rings is 1. The summed E-state index contributed by atoms with van der Waals surface area (Å²) in [7, 11) is 0. The molecular formula is C15H15Cl2N3O5S. The summed E-state index contributed by atoms with van der Waals surface area (Å²) in [5.74, 6) is -0.365. The summed E-state index contributed by atoms with van der Waals surface area (Å²) >= 11 is 7.36. The molecule has 1 amide bonds. The third-order valence-electron chi connectivity index (χ3n) is 3.96. The number of nitrogens with zero attached hydrogens (tertiary/aromatic N) is 2. The van der Waals surface area contributed by atoms with Gasteiger partial charge in [-0.3, -0.25) is 19.8 Å². The van der Waals surface area contributed by atoms with Gasteiger partial charge in [-0.05, 0) is 23.3 Å². The number of amides is 1. The molecule has 3 rings (SSSR count). The largest absolute Gasteiger partial charge is 0.456 e. The van der Waals surface area contributed by atoms with Gasteiger partial charge >= 0.3 is 5.97 Å². The van der Waals surface area contributed by atoms with Gasteiger partial charge in [-0.1, -0.05) is 0 Å². The van der Waals surface area contributed by atoms with Crippen LogP contribution < -0.4 is 5.73 Å². The van der Waals surface area contributed by atoms with E-state index in [2.05, 4.69) is 0 Å². The molecule has 1 unspecified atom stereocenters. The van der Waals surface area contributed by atoms with Crippen LogP contribution in [-0.4, -0.2) is 44.7 Å². The standard InChI is InChI=1S/C15H14ClN3O5S.ClH/c16-5-9-7-25-14-11(17)13(20)18(14)12(9)15(21)24-6-8-1-3-10(4-2-8)19(22)23;/h1-4,11,14H,5-7,17H2;1H/t11?,14-;/m0./s1. The van der Waals surface area contributed by atoms with E-state index in [4.69, 9.17) is 22.1 Å². The number of nitro benzene ring substituents is 1. The highest BCUT2D eigenvalue weighted by Crippen LogP contribution is 2.40. The highest BCUT2D eigenvalue weighted by Gasteiger charge is 2.51. The highest BCUT2D eigenvalue weighted by atomic mass is 35.5. The second kappa shape index (κ2) is 8.26. The number of carbonyl (C=O) groups is 2. The Kier molecular flexibility index (Phi) is 6.51. The fourth-order valence-electron chi connectivity index (χ4n) is 2.60. The van der Waals surface area contributed by atoms with Gasteiger partial charge in [0.2, 0.25) is 5.91 Å². The van der Waals surface area contributed by atoms with Crippen LogP contribution in [0.3, 0.4) is 0 Å². The van der Waals surface area contributed by atoms with E-state index in [1.807, 2.05) is 0 Å². The summed E-state index contributed by atoms with van der Waals surface area (Å²) in [5, 5.41) is 10.4. The zero-order chi connectivity index (χ0) is 18.1. The van der Waals surface area contributed by atoms with Crippen molar-refractivity contribution in [2.45, 2.75) is 18.0 Å². The number of nitro groups is 1. The predicted octanol–water partition coefficient (Wildman–Crippen LogP) is 1.80. The molecular weight excluding hydrogens is 405 g/mol. The molecule has 1 aromatic rings. The second-order valence-corrected chi connectivity index (χ2v) is 6.89. The molecule has 140 valence electrons. The van der Waals surface area contributed by atoms with Crippen LogP contribution in [0, 0.1) is 10.1 Å². The third-order valence-corrected chi connectivity index (χ3v) is 5.64. The number of hydrogen-bond donors (Lipinski definition) is 1. The van der Waals surface area contributed by atoms with Gasteiger partial charge in [0.15, 0.2) is 0 Å². The van der Waals surface area contributed by atoms with Crippen LogP contribution in [0.4, 0.5) is 5.69 Å². The topological polar surface area (TPSA) is 116 Å². The summed E-state index contributed by atoms with van der Waals surface area (Å²) in [6, 6.07) is 5.05. The van der Waals surface area contributed by atoms with Crippen LogP contribution in [0.15, 0.2) is 35.5 Å². The number of carbonyl (C=O) groups excluding carboxylic acids is 2. The molecule has 26 heavy (non-hydrogen) atoms. The SMILES string of the molecule is Cl.NC1C(=O)N2C(C(=O)OCc3ccc([N+](=O)[O-])cc3)=C(CCl)CS[C@@H]12. The van der Waals surface area contributed by atoms with Crippen LogP contribution in [0.25, 0.3) is 0 Å². The number of halogens is 2. The van der Waals surface area contributed by atoms with Gasteiger partial charge in [0.05, 0.1) is 4.92 Å². The molecule has 0 radical (unpaired) electrons. The summed E-state index contributed by atoms with van der Waals surface area (Å²) in [6.45, 7) is -0.0677. The molecule has 1 saturated heterocycles. The lowest BCUT2D eigenvalue weighted by Gasteiger charge is -2.48. The van der Waals surface area contributed by atoms with Crippen molar-refractivity contribution in [3.05, 3.63) is 51.2 Å². The molecule has 8 nitrogen and oxygen atoms in total. The first-order valence-corrected chi connectivity index (χ1v) is 8.91. The smallest absolute Gasteiger partial charge is 0.355 e. The Morgan fingerprint density at radius 1 is 1.42 bits per heavy atom. The Morgan fingerprint density at radius 2 is 2.08 bits per heavy atom. The number of non-ortho nitro benzene ring substituents is 1. The third kappa shape index (κ3) is 3.66. The molecule has 0 aliphatic carbocycles. The van der Waals surface area contributed by atoms with E-state index in [1.54, 1.807) is 0 Å². The number of β-lactam (4-membered cyclic amide) rings is 1. The van der Waals surface area contributed by atoms with Crippen LogP contribution in [0.5, 0.6) is 0 Å². The zero-order valence-electron chi connectivity index (χ0n) is 13.3. The van der Waals surface area contributed by atoms with Gasteiger partial charge in [-0.15, -0.1) is 35.8 Å². The van der Waals surface area contributed by atoms with Gasteiger partial charge in [-0.25, -0.2) is 4.79 Å². The fraction of sp³-hybridized carbons (Fsp3) is 0.333. The summed E-state index contributed by atoms with van der Waals surface area (Å²) in [4.78, 5) is 35.9. The van der Waals surface area contributed by atoms with Gasteiger partial charge in [0, 0.05) is 23.8 Å². The fourth-order valence-corrected chi connectivity index (χ4v) is 4.23. The van der Waals surface area contributed by atoms with E-state index in [0.717, 1.165) is 0 Å². The quantitative estimate of drug-likeness (QED) is 0.254. The molecule has 2 aliphatic rings. The minimum absolute atomic E-state index is 0. The minimum Gasteiger partial charge on any atom is -0.456 e. The maximum atomic E-state index is 12.5. The van der Waals surface area contributed by atoms with Gasteiger partial charge in [-0.2, -0.15) is 0 Å².